The van der Waals surface area contributed by atoms with E-state index in [1.807, 2.05) is 54.7 Å². The number of para-hydroxylation sites is 1. The lowest BCUT2D eigenvalue weighted by Gasteiger charge is -2.07. The monoisotopic (exact) mass is 373 g/mol. The van der Waals surface area contributed by atoms with Crippen LogP contribution in [0.4, 0.5) is 0 Å². The minimum Gasteiger partial charge on any atom is -0.354 e. The van der Waals surface area contributed by atoms with Gasteiger partial charge in [-0.2, -0.15) is 10.2 Å². The fourth-order valence-electron chi connectivity index (χ4n) is 2.98. The lowest BCUT2D eigenvalue weighted by atomic mass is 10.2. The zero-order valence-electron chi connectivity index (χ0n) is 15.2. The van der Waals surface area contributed by atoms with Gasteiger partial charge in [-0.15, -0.1) is 0 Å². The van der Waals surface area contributed by atoms with Gasteiger partial charge >= 0.3 is 0 Å². The van der Waals surface area contributed by atoms with Crippen LogP contribution in [0.15, 0.2) is 77.9 Å². The van der Waals surface area contributed by atoms with E-state index in [2.05, 4.69) is 15.5 Å². The van der Waals surface area contributed by atoms with E-state index < -0.39 is 0 Å². The molecule has 0 atom stereocenters. The van der Waals surface area contributed by atoms with Crippen LogP contribution in [-0.4, -0.2) is 32.0 Å². The molecule has 0 aliphatic heterocycles. The first kappa shape index (κ1) is 17.7. The molecule has 0 unspecified atom stereocenters. The van der Waals surface area contributed by atoms with Crippen LogP contribution in [0.2, 0.25) is 0 Å². The molecule has 0 bridgehead atoms. The van der Waals surface area contributed by atoms with Gasteiger partial charge in [0, 0.05) is 24.5 Å². The van der Waals surface area contributed by atoms with Crippen molar-refractivity contribution in [2.45, 2.75) is 13.0 Å². The highest BCUT2D eigenvalue weighted by Gasteiger charge is 2.08. The summed E-state index contributed by atoms with van der Waals surface area (Å²) in [6.07, 6.45) is 4.09. The summed E-state index contributed by atoms with van der Waals surface area (Å²) in [5.74, 6) is -0.257. The van der Waals surface area contributed by atoms with Crippen molar-refractivity contribution in [2.24, 2.45) is 0 Å². The summed E-state index contributed by atoms with van der Waals surface area (Å²) >= 11 is 0. The first-order valence-electron chi connectivity index (χ1n) is 9.02. The topological polar surface area (TPSA) is 81.8 Å². The first-order chi connectivity index (χ1) is 13.7. The third kappa shape index (κ3) is 3.83. The van der Waals surface area contributed by atoms with Crippen LogP contribution in [0.5, 0.6) is 0 Å². The SMILES string of the molecule is O=C(Cn1ncc2ccccc2c1=O)NCCc1ccn(-c2ccccc2)n1. The van der Waals surface area contributed by atoms with Gasteiger partial charge in [-0.1, -0.05) is 36.4 Å². The largest absolute Gasteiger partial charge is 0.354 e. The summed E-state index contributed by atoms with van der Waals surface area (Å²) in [7, 11) is 0. The molecule has 0 aliphatic rings. The molecule has 7 nitrogen and oxygen atoms in total. The van der Waals surface area contributed by atoms with Crippen LogP contribution in [0.25, 0.3) is 16.5 Å². The molecular weight excluding hydrogens is 354 g/mol. The van der Waals surface area contributed by atoms with E-state index in [1.165, 1.54) is 4.68 Å². The van der Waals surface area contributed by atoms with Crippen LogP contribution < -0.4 is 10.9 Å². The minimum absolute atomic E-state index is 0.109. The zero-order chi connectivity index (χ0) is 19.3. The number of fused-ring (bicyclic) bond motifs is 1. The summed E-state index contributed by atoms with van der Waals surface area (Å²) in [6.45, 7) is 0.328. The van der Waals surface area contributed by atoms with Crippen LogP contribution >= 0.6 is 0 Å². The Hall–Kier alpha value is -3.74. The molecule has 0 saturated carbocycles. The fourth-order valence-corrected chi connectivity index (χ4v) is 2.98. The van der Waals surface area contributed by atoms with E-state index in [1.54, 1.807) is 23.0 Å². The van der Waals surface area contributed by atoms with Crippen LogP contribution in [-0.2, 0) is 17.8 Å². The van der Waals surface area contributed by atoms with Gasteiger partial charge in [-0.25, -0.2) is 9.36 Å². The van der Waals surface area contributed by atoms with Crippen molar-refractivity contribution < 1.29 is 4.79 Å². The molecule has 2 heterocycles. The maximum absolute atomic E-state index is 12.4. The summed E-state index contributed by atoms with van der Waals surface area (Å²) < 4.78 is 2.98. The molecular formula is C21H19N5O2. The van der Waals surface area contributed by atoms with E-state index in [4.69, 9.17) is 0 Å². The van der Waals surface area contributed by atoms with Crippen molar-refractivity contribution in [3.05, 3.63) is 89.1 Å². The smallest absolute Gasteiger partial charge is 0.275 e. The van der Waals surface area contributed by atoms with Gasteiger partial charge in [0.25, 0.3) is 5.56 Å². The summed E-state index contributed by atoms with van der Waals surface area (Å²) in [5, 5.41) is 12.7. The van der Waals surface area contributed by atoms with Crippen molar-refractivity contribution in [1.82, 2.24) is 24.9 Å². The Balaban J connectivity index is 1.34. The van der Waals surface area contributed by atoms with Crippen molar-refractivity contribution in [2.75, 3.05) is 6.54 Å². The number of carbonyl (C=O) groups excluding carboxylic acids is 1. The molecule has 0 aliphatic carbocycles. The van der Waals surface area contributed by atoms with Gasteiger partial charge in [0.05, 0.1) is 23.0 Å². The van der Waals surface area contributed by atoms with E-state index >= 15 is 0 Å². The average Bonchev–Trinajstić information content (AvgIpc) is 3.20. The van der Waals surface area contributed by atoms with Crippen LogP contribution in [0.3, 0.4) is 0 Å². The predicted octanol–water partition coefficient (Wildman–Crippen LogP) is 1.94. The highest BCUT2D eigenvalue weighted by atomic mass is 16.2. The Morgan fingerprint density at radius 2 is 1.79 bits per heavy atom. The van der Waals surface area contributed by atoms with Crippen LogP contribution in [0.1, 0.15) is 5.69 Å². The van der Waals surface area contributed by atoms with E-state index in [0.29, 0.717) is 18.4 Å². The molecule has 4 rings (SSSR count). The molecule has 2 aromatic heterocycles. The van der Waals surface area contributed by atoms with Crippen molar-refractivity contribution >= 4 is 16.7 Å². The zero-order valence-corrected chi connectivity index (χ0v) is 15.2. The normalized spacial score (nSPS) is 10.9. The summed E-state index contributed by atoms with van der Waals surface area (Å²) in [5.41, 5.74) is 1.60. The molecule has 0 spiro atoms. The molecule has 7 heteroatoms. The Morgan fingerprint density at radius 3 is 2.64 bits per heavy atom. The number of nitrogens with zero attached hydrogens (tertiary/aromatic N) is 4. The average molecular weight is 373 g/mol. The van der Waals surface area contributed by atoms with Gasteiger partial charge in [0.2, 0.25) is 5.91 Å². The first-order valence-corrected chi connectivity index (χ1v) is 9.02. The van der Waals surface area contributed by atoms with Gasteiger partial charge in [0.1, 0.15) is 6.54 Å². The van der Waals surface area contributed by atoms with Gasteiger partial charge < -0.3 is 5.32 Å². The molecule has 2 aromatic carbocycles. The highest BCUT2D eigenvalue weighted by Crippen LogP contribution is 2.07. The summed E-state index contributed by atoms with van der Waals surface area (Å²) in [6, 6.07) is 19.0. The molecule has 4 aromatic rings. The Labute approximate surface area is 161 Å². The van der Waals surface area contributed by atoms with Crippen molar-refractivity contribution in [3.63, 3.8) is 0 Å². The molecule has 140 valence electrons. The number of amides is 1. The number of carbonyl (C=O) groups is 1. The van der Waals surface area contributed by atoms with Gasteiger partial charge in [-0.3, -0.25) is 9.59 Å². The maximum atomic E-state index is 12.4. The number of aromatic nitrogens is 4. The molecule has 28 heavy (non-hydrogen) atoms. The van der Waals surface area contributed by atoms with Crippen molar-refractivity contribution in [3.8, 4) is 5.69 Å². The number of rotatable bonds is 6. The number of nitrogens with one attached hydrogen (secondary N) is 1. The van der Waals surface area contributed by atoms with Crippen LogP contribution in [0, 0.1) is 0 Å². The standard InChI is InChI=1S/C21H19N5O2/c27-20(15-26-21(28)19-9-5-4-6-16(19)14-23-26)22-12-10-17-11-13-25(24-17)18-7-2-1-3-8-18/h1-9,11,13-14H,10,12,15H2,(H,22,27). The minimum atomic E-state index is -0.269. The van der Waals surface area contributed by atoms with Gasteiger partial charge in [-0.05, 0) is 24.3 Å². The van der Waals surface area contributed by atoms with E-state index in [9.17, 15) is 9.59 Å². The lowest BCUT2D eigenvalue weighted by molar-refractivity contribution is -0.121. The molecule has 0 radical (unpaired) electrons. The number of benzene rings is 2. The lowest BCUT2D eigenvalue weighted by Crippen LogP contribution is -2.34. The third-order valence-electron chi connectivity index (χ3n) is 4.42. The molecule has 1 amide bonds. The highest BCUT2D eigenvalue weighted by molar-refractivity contribution is 5.81. The second-order valence-electron chi connectivity index (χ2n) is 6.38. The van der Waals surface area contributed by atoms with Crippen molar-refractivity contribution in [1.29, 1.82) is 0 Å². The Morgan fingerprint density at radius 1 is 1.00 bits per heavy atom. The Bertz CT molecular complexity index is 1160. The third-order valence-corrected chi connectivity index (χ3v) is 4.42. The number of hydrogen-bond acceptors (Lipinski definition) is 4. The molecule has 0 saturated heterocycles. The summed E-state index contributed by atoms with van der Waals surface area (Å²) in [4.78, 5) is 24.6. The second kappa shape index (κ2) is 7.87. The van der Waals surface area contributed by atoms with E-state index in [0.717, 1.165) is 16.8 Å². The van der Waals surface area contributed by atoms with Gasteiger partial charge in [0.15, 0.2) is 0 Å². The van der Waals surface area contributed by atoms with E-state index in [-0.39, 0.29) is 18.0 Å². The molecule has 1 N–H and O–H groups in total. The molecule has 0 fully saturated rings. The fraction of sp³-hybridized carbons (Fsp3) is 0.143. The predicted molar refractivity (Wildman–Crippen MR) is 106 cm³/mol. The Kier molecular flexibility index (Phi) is 4.97. The second-order valence-corrected chi connectivity index (χ2v) is 6.38. The maximum Gasteiger partial charge on any atom is 0.275 e. The quantitative estimate of drug-likeness (QED) is 0.560. The number of hydrogen-bond donors (Lipinski definition) is 1.